The minimum absolute atomic E-state index is 0.0358. The van der Waals surface area contributed by atoms with Crippen molar-refractivity contribution in [1.82, 2.24) is 10.3 Å². The maximum atomic E-state index is 11.4. The highest BCUT2D eigenvalue weighted by atomic mass is 16.3. The Labute approximate surface area is 93.3 Å². The van der Waals surface area contributed by atoms with E-state index in [1.807, 2.05) is 0 Å². The first-order valence-electron chi connectivity index (χ1n) is 4.91. The molecule has 88 valence electrons. The SMILES string of the molecule is O=C(CNC(CO)CO)Nc1ccncc1. The fourth-order valence-electron chi connectivity index (χ4n) is 1.06. The Kier molecular flexibility index (Phi) is 5.41. The summed E-state index contributed by atoms with van der Waals surface area (Å²) in [5, 5.41) is 22.9. The van der Waals surface area contributed by atoms with Crippen LogP contribution >= 0.6 is 0 Å². The zero-order chi connectivity index (χ0) is 11.8. The van der Waals surface area contributed by atoms with Crippen molar-refractivity contribution in [2.45, 2.75) is 6.04 Å². The van der Waals surface area contributed by atoms with Crippen LogP contribution in [0, 0.1) is 0 Å². The smallest absolute Gasteiger partial charge is 0.238 e. The van der Waals surface area contributed by atoms with E-state index in [1.54, 1.807) is 24.5 Å². The van der Waals surface area contributed by atoms with E-state index in [4.69, 9.17) is 10.2 Å². The molecule has 0 unspecified atom stereocenters. The van der Waals surface area contributed by atoms with Crippen molar-refractivity contribution in [3.8, 4) is 0 Å². The molecule has 1 aromatic heterocycles. The van der Waals surface area contributed by atoms with Crippen LogP contribution in [-0.4, -0.2) is 46.9 Å². The van der Waals surface area contributed by atoms with Crippen molar-refractivity contribution in [2.75, 3.05) is 25.1 Å². The van der Waals surface area contributed by atoms with Crippen LogP contribution < -0.4 is 10.6 Å². The van der Waals surface area contributed by atoms with E-state index >= 15 is 0 Å². The fraction of sp³-hybridized carbons (Fsp3) is 0.400. The molecule has 4 N–H and O–H groups in total. The average Bonchev–Trinajstić information content (AvgIpc) is 2.31. The lowest BCUT2D eigenvalue weighted by atomic mass is 10.3. The van der Waals surface area contributed by atoms with Gasteiger partial charge in [0, 0.05) is 18.1 Å². The summed E-state index contributed by atoms with van der Waals surface area (Å²) >= 11 is 0. The van der Waals surface area contributed by atoms with E-state index < -0.39 is 6.04 Å². The molecule has 1 amide bonds. The molecule has 6 heteroatoms. The van der Waals surface area contributed by atoms with Gasteiger partial charge >= 0.3 is 0 Å². The van der Waals surface area contributed by atoms with Gasteiger partial charge in [0.25, 0.3) is 0 Å². The van der Waals surface area contributed by atoms with Gasteiger partial charge in [0.05, 0.1) is 25.8 Å². The zero-order valence-corrected chi connectivity index (χ0v) is 8.76. The Bertz CT molecular complexity index is 314. The Morgan fingerprint density at radius 3 is 2.50 bits per heavy atom. The molecule has 0 saturated carbocycles. The van der Waals surface area contributed by atoms with Gasteiger partial charge in [-0.2, -0.15) is 0 Å². The minimum atomic E-state index is -0.469. The second kappa shape index (κ2) is 6.89. The standard InChI is InChI=1S/C10H15N3O3/c14-6-9(7-15)12-5-10(16)13-8-1-3-11-4-2-8/h1-4,9,12,14-15H,5-7H2,(H,11,13,16). The summed E-state index contributed by atoms with van der Waals surface area (Å²) in [6.45, 7) is -0.383. The molecule has 16 heavy (non-hydrogen) atoms. The van der Waals surface area contributed by atoms with E-state index in [-0.39, 0.29) is 25.7 Å². The van der Waals surface area contributed by atoms with Crippen LogP contribution in [0.2, 0.25) is 0 Å². The number of aromatic nitrogens is 1. The number of rotatable bonds is 6. The van der Waals surface area contributed by atoms with Gasteiger partial charge in [0.2, 0.25) is 5.91 Å². The van der Waals surface area contributed by atoms with Crippen molar-refractivity contribution in [1.29, 1.82) is 0 Å². The van der Waals surface area contributed by atoms with E-state index in [9.17, 15) is 4.79 Å². The summed E-state index contributed by atoms with van der Waals surface area (Å²) < 4.78 is 0. The third-order valence-electron chi connectivity index (χ3n) is 1.96. The molecule has 6 nitrogen and oxygen atoms in total. The molecule has 0 spiro atoms. The monoisotopic (exact) mass is 225 g/mol. The molecule has 0 aromatic carbocycles. The summed E-state index contributed by atoms with van der Waals surface area (Å²) in [6.07, 6.45) is 3.15. The minimum Gasteiger partial charge on any atom is -0.395 e. The predicted octanol–water partition coefficient (Wildman–Crippen LogP) is -1.04. The number of aliphatic hydroxyl groups excluding tert-OH is 2. The molecular formula is C10H15N3O3. The summed E-state index contributed by atoms with van der Waals surface area (Å²) in [5.41, 5.74) is 0.659. The number of anilines is 1. The van der Waals surface area contributed by atoms with Crippen LogP contribution in [0.15, 0.2) is 24.5 Å². The van der Waals surface area contributed by atoms with Crippen LogP contribution in [-0.2, 0) is 4.79 Å². The number of carbonyl (C=O) groups is 1. The maximum absolute atomic E-state index is 11.4. The Morgan fingerprint density at radius 1 is 1.31 bits per heavy atom. The lowest BCUT2D eigenvalue weighted by molar-refractivity contribution is -0.115. The van der Waals surface area contributed by atoms with E-state index in [2.05, 4.69) is 15.6 Å². The van der Waals surface area contributed by atoms with Gasteiger partial charge in [-0.05, 0) is 12.1 Å². The normalized spacial score (nSPS) is 10.4. The fourth-order valence-corrected chi connectivity index (χ4v) is 1.06. The average molecular weight is 225 g/mol. The number of hydrogen-bond acceptors (Lipinski definition) is 5. The number of aliphatic hydroxyl groups is 2. The lowest BCUT2D eigenvalue weighted by Crippen LogP contribution is -2.40. The number of pyridine rings is 1. The predicted molar refractivity (Wildman–Crippen MR) is 58.8 cm³/mol. The number of nitrogens with one attached hydrogen (secondary N) is 2. The molecule has 0 aliphatic rings. The van der Waals surface area contributed by atoms with Crippen molar-refractivity contribution >= 4 is 11.6 Å². The first-order valence-corrected chi connectivity index (χ1v) is 4.91. The van der Waals surface area contributed by atoms with Gasteiger partial charge in [0.1, 0.15) is 0 Å². The van der Waals surface area contributed by atoms with Crippen molar-refractivity contribution < 1.29 is 15.0 Å². The molecule has 0 bridgehead atoms. The van der Waals surface area contributed by atoms with Crippen LogP contribution in [0.1, 0.15) is 0 Å². The van der Waals surface area contributed by atoms with Crippen molar-refractivity contribution in [3.05, 3.63) is 24.5 Å². The summed E-state index contributed by atoms with van der Waals surface area (Å²) in [6, 6.07) is 2.88. The topological polar surface area (TPSA) is 94.5 Å². The van der Waals surface area contributed by atoms with Crippen molar-refractivity contribution in [2.24, 2.45) is 0 Å². The highest BCUT2D eigenvalue weighted by molar-refractivity contribution is 5.92. The van der Waals surface area contributed by atoms with Crippen LogP contribution in [0.25, 0.3) is 0 Å². The largest absolute Gasteiger partial charge is 0.395 e. The summed E-state index contributed by atoms with van der Waals surface area (Å²) in [4.78, 5) is 15.2. The van der Waals surface area contributed by atoms with Gasteiger partial charge in [-0.1, -0.05) is 0 Å². The van der Waals surface area contributed by atoms with Gasteiger partial charge < -0.3 is 20.8 Å². The first kappa shape index (κ1) is 12.6. The molecule has 1 heterocycles. The molecule has 0 saturated heterocycles. The highest BCUT2D eigenvalue weighted by Crippen LogP contribution is 2.02. The zero-order valence-electron chi connectivity index (χ0n) is 8.76. The quantitative estimate of drug-likeness (QED) is 0.496. The van der Waals surface area contributed by atoms with Crippen molar-refractivity contribution in [3.63, 3.8) is 0 Å². The first-order chi connectivity index (χ1) is 7.76. The van der Waals surface area contributed by atoms with Gasteiger partial charge in [-0.25, -0.2) is 0 Å². The molecule has 1 rings (SSSR count). The number of carbonyl (C=O) groups excluding carboxylic acids is 1. The highest BCUT2D eigenvalue weighted by Gasteiger charge is 2.07. The molecular weight excluding hydrogens is 210 g/mol. The van der Waals surface area contributed by atoms with E-state index in [0.717, 1.165) is 0 Å². The van der Waals surface area contributed by atoms with Gasteiger partial charge in [0.15, 0.2) is 0 Å². The van der Waals surface area contributed by atoms with Crippen LogP contribution in [0.4, 0.5) is 5.69 Å². The number of nitrogens with zero attached hydrogens (tertiary/aromatic N) is 1. The molecule has 1 aromatic rings. The third-order valence-corrected chi connectivity index (χ3v) is 1.96. The Balaban J connectivity index is 2.31. The lowest BCUT2D eigenvalue weighted by Gasteiger charge is -2.12. The molecule has 0 fully saturated rings. The second-order valence-electron chi connectivity index (χ2n) is 3.23. The van der Waals surface area contributed by atoms with Gasteiger partial charge in [-0.15, -0.1) is 0 Å². The third kappa shape index (κ3) is 4.35. The maximum Gasteiger partial charge on any atom is 0.238 e. The molecule has 0 aliphatic carbocycles. The number of hydrogen-bond donors (Lipinski definition) is 4. The van der Waals surface area contributed by atoms with E-state index in [0.29, 0.717) is 5.69 Å². The molecule has 0 aliphatic heterocycles. The Hall–Kier alpha value is -1.50. The van der Waals surface area contributed by atoms with Gasteiger partial charge in [-0.3, -0.25) is 9.78 Å². The summed E-state index contributed by atoms with van der Waals surface area (Å²) in [5.74, 6) is -0.238. The Morgan fingerprint density at radius 2 is 1.94 bits per heavy atom. The van der Waals surface area contributed by atoms with Crippen LogP contribution in [0.3, 0.4) is 0 Å². The molecule has 0 radical (unpaired) electrons. The number of amides is 1. The summed E-state index contributed by atoms with van der Waals surface area (Å²) in [7, 11) is 0. The molecule has 0 atom stereocenters. The van der Waals surface area contributed by atoms with E-state index in [1.165, 1.54) is 0 Å². The second-order valence-corrected chi connectivity index (χ2v) is 3.23. The van der Waals surface area contributed by atoms with Crippen LogP contribution in [0.5, 0.6) is 0 Å².